The Morgan fingerprint density at radius 2 is 2.10 bits per heavy atom. The summed E-state index contributed by atoms with van der Waals surface area (Å²) in [6.45, 7) is 4.13. The van der Waals surface area contributed by atoms with E-state index in [0.29, 0.717) is 0 Å². The molecule has 0 aliphatic carbocycles. The Hall–Kier alpha value is -1.09. The topological polar surface area (TPSA) is 88.3 Å². The largest absolute Gasteiger partial charge is 0.388 e. The number of nitrogens with one attached hydrogen (secondary N) is 1. The molecule has 0 saturated carbocycles. The third kappa shape index (κ3) is 3.95. The number of hydrogen-bond donors (Lipinski definition) is 2. The monoisotopic (exact) mass is 316 g/mol. The van der Waals surface area contributed by atoms with E-state index < -0.39 is 10.0 Å². The summed E-state index contributed by atoms with van der Waals surface area (Å²) in [5, 5.41) is 0. The van der Waals surface area contributed by atoms with E-state index in [2.05, 4.69) is 9.71 Å². The average molecular weight is 316 g/mol. The molecule has 3 N–H and O–H groups in total. The van der Waals surface area contributed by atoms with Crippen molar-refractivity contribution in [2.24, 2.45) is 5.73 Å². The summed E-state index contributed by atoms with van der Waals surface area (Å²) < 4.78 is 27.3. The molecular weight excluding hydrogens is 296 g/mol. The van der Waals surface area contributed by atoms with Gasteiger partial charge >= 0.3 is 0 Å². The third-order valence-electron chi connectivity index (χ3n) is 3.20. The summed E-state index contributed by atoms with van der Waals surface area (Å²) in [5.74, 6) is 0. The summed E-state index contributed by atoms with van der Waals surface area (Å²) in [5.41, 5.74) is 5.30. The molecule has 0 aliphatic rings. The number of nitrogens with two attached hydrogens (primary N) is 1. The predicted octanol–water partition coefficient (Wildman–Crippen LogP) is 0.334. The zero-order valence-electron chi connectivity index (χ0n) is 12.0. The second kappa shape index (κ2) is 6.13. The number of sulfonamides is 1. The van der Waals surface area contributed by atoms with Gasteiger partial charge in [-0.1, -0.05) is 12.2 Å². The average Bonchev–Trinajstić information content (AvgIpc) is 2.36. The Balaban J connectivity index is 3.05. The molecule has 0 bridgehead atoms. The molecule has 0 unspecified atom stereocenters. The summed E-state index contributed by atoms with van der Waals surface area (Å²) >= 11 is 4.83. The lowest BCUT2D eigenvalue weighted by atomic mass is 10.1. The van der Waals surface area contributed by atoms with Gasteiger partial charge in [0, 0.05) is 18.3 Å². The molecule has 0 saturated heterocycles. The maximum atomic E-state index is 12.3. The van der Waals surface area contributed by atoms with Gasteiger partial charge in [0.05, 0.1) is 0 Å². The first kappa shape index (κ1) is 17.0. The van der Waals surface area contributed by atoms with E-state index in [1.807, 2.05) is 32.8 Å². The van der Waals surface area contributed by atoms with Crippen LogP contribution in [0.3, 0.4) is 0 Å². The van der Waals surface area contributed by atoms with E-state index in [1.54, 1.807) is 0 Å². The standard InChI is InChI=1S/C12H20N4O2S2/c1-12(2,16(3)4)8-15-20(17,18)9-6-5-7-14-10(9)11(13)19/h5-7,15H,8H2,1-4H3,(H2,13,19). The van der Waals surface area contributed by atoms with Crippen LogP contribution in [0.5, 0.6) is 0 Å². The number of thiocarbonyl (C=S) groups is 1. The molecule has 0 aromatic carbocycles. The second-order valence-electron chi connectivity index (χ2n) is 5.25. The van der Waals surface area contributed by atoms with Crippen molar-refractivity contribution in [2.45, 2.75) is 24.3 Å². The highest BCUT2D eigenvalue weighted by molar-refractivity contribution is 7.89. The molecule has 0 spiro atoms. The minimum Gasteiger partial charge on any atom is -0.388 e. The van der Waals surface area contributed by atoms with E-state index in [4.69, 9.17) is 18.0 Å². The molecule has 0 radical (unpaired) electrons. The van der Waals surface area contributed by atoms with Crippen molar-refractivity contribution in [3.63, 3.8) is 0 Å². The second-order valence-corrected chi connectivity index (χ2v) is 7.42. The van der Waals surface area contributed by atoms with Crippen molar-refractivity contribution in [2.75, 3.05) is 20.6 Å². The molecule has 112 valence electrons. The fourth-order valence-electron chi connectivity index (χ4n) is 1.30. The van der Waals surface area contributed by atoms with Crippen molar-refractivity contribution in [3.05, 3.63) is 24.0 Å². The SMILES string of the molecule is CN(C)C(C)(C)CNS(=O)(=O)c1cccnc1C(N)=S. The van der Waals surface area contributed by atoms with Crippen molar-refractivity contribution in [1.29, 1.82) is 0 Å². The van der Waals surface area contributed by atoms with Crippen molar-refractivity contribution < 1.29 is 8.42 Å². The Labute approximate surface area is 125 Å². The van der Waals surface area contributed by atoms with Crippen LogP contribution < -0.4 is 10.5 Å². The zero-order valence-corrected chi connectivity index (χ0v) is 13.7. The van der Waals surface area contributed by atoms with Gasteiger partial charge in [-0.25, -0.2) is 13.1 Å². The number of rotatable bonds is 6. The fourth-order valence-corrected chi connectivity index (χ4v) is 2.90. The fraction of sp³-hybridized carbons (Fsp3) is 0.500. The first-order chi connectivity index (χ1) is 9.08. The van der Waals surface area contributed by atoms with Crippen molar-refractivity contribution in [1.82, 2.24) is 14.6 Å². The van der Waals surface area contributed by atoms with Crippen LogP contribution in [0.15, 0.2) is 23.2 Å². The molecule has 0 amide bonds. The molecular formula is C12H20N4O2S2. The first-order valence-electron chi connectivity index (χ1n) is 6.00. The molecule has 0 fully saturated rings. The van der Waals surface area contributed by atoms with E-state index >= 15 is 0 Å². The lowest BCUT2D eigenvalue weighted by molar-refractivity contribution is 0.199. The predicted molar refractivity (Wildman–Crippen MR) is 83.1 cm³/mol. The molecule has 6 nitrogen and oxygen atoms in total. The van der Waals surface area contributed by atoms with Gasteiger partial charge in [0.1, 0.15) is 15.6 Å². The van der Waals surface area contributed by atoms with Crippen molar-refractivity contribution >= 4 is 27.2 Å². The number of hydrogen-bond acceptors (Lipinski definition) is 5. The molecule has 20 heavy (non-hydrogen) atoms. The number of likely N-dealkylation sites (N-methyl/N-ethyl adjacent to an activating group) is 1. The molecule has 1 heterocycles. The summed E-state index contributed by atoms with van der Waals surface area (Å²) in [6, 6.07) is 2.97. The molecule has 8 heteroatoms. The van der Waals surface area contributed by atoms with E-state index in [9.17, 15) is 8.42 Å². The minimum absolute atomic E-state index is 0.00190. The zero-order chi connectivity index (χ0) is 15.6. The highest BCUT2D eigenvalue weighted by Gasteiger charge is 2.26. The summed E-state index contributed by atoms with van der Waals surface area (Å²) in [7, 11) is 0.0661. The lowest BCUT2D eigenvalue weighted by Crippen LogP contribution is -2.48. The Morgan fingerprint density at radius 3 is 2.60 bits per heavy atom. The van der Waals surface area contributed by atoms with Crippen LogP contribution in [0, 0.1) is 0 Å². The maximum Gasteiger partial charge on any atom is 0.242 e. The van der Waals surface area contributed by atoms with Crippen LogP contribution in [0.1, 0.15) is 19.5 Å². The highest BCUT2D eigenvalue weighted by atomic mass is 32.2. The molecule has 1 aromatic heterocycles. The Kier molecular flexibility index (Phi) is 5.20. The highest BCUT2D eigenvalue weighted by Crippen LogP contribution is 2.15. The molecule has 0 atom stereocenters. The van der Waals surface area contributed by atoms with Crippen LogP contribution in [0.25, 0.3) is 0 Å². The minimum atomic E-state index is -3.71. The van der Waals surface area contributed by atoms with Gasteiger partial charge in [-0.3, -0.25) is 4.98 Å². The molecule has 1 rings (SSSR count). The van der Waals surface area contributed by atoms with Gasteiger partial charge in [-0.15, -0.1) is 0 Å². The van der Waals surface area contributed by atoms with Gasteiger partial charge in [0.2, 0.25) is 10.0 Å². The molecule has 1 aromatic rings. The van der Waals surface area contributed by atoms with Gasteiger partial charge in [0.25, 0.3) is 0 Å². The van der Waals surface area contributed by atoms with Gasteiger partial charge in [-0.05, 0) is 40.1 Å². The van der Waals surface area contributed by atoms with Crippen LogP contribution in [0.4, 0.5) is 0 Å². The summed E-state index contributed by atoms with van der Waals surface area (Å²) in [6.07, 6.45) is 1.46. The number of aromatic nitrogens is 1. The smallest absolute Gasteiger partial charge is 0.242 e. The van der Waals surface area contributed by atoms with E-state index in [-0.39, 0.29) is 27.7 Å². The van der Waals surface area contributed by atoms with E-state index in [0.717, 1.165) is 0 Å². The number of nitrogens with zero attached hydrogens (tertiary/aromatic N) is 2. The van der Waals surface area contributed by atoms with Crippen LogP contribution in [-0.2, 0) is 10.0 Å². The van der Waals surface area contributed by atoms with Crippen molar-refractivity contribution in [3.8, 4) is 0 Å². The van der Waals surface area contributed by atoms with Crippen LogP contribution in [0.2, 0.25) is 0 Å². The lowest BCUT2D eigenvalue weighted by Gasteiger charge is -2.32. The molecule has 0 aliphatic heterocycles. The van der Waals surface area contributed by atoms with Gasteiger partial charge < -0.3 is 10.6 Å². The normalized spacial score (nSPS) is 12.7. The Morgan fingerprint density at radius 1 is 1.50 bits per heavy atom. The maximum absolute atomic E-state index is 12.3. The van der Waals surface area contributed by atoms with Gasteiger partial charge in [0.15, 0.2) is 0 Å². The summed E-state index contributed by atoms with van der Waals surface area (Å²) in [4.78, 5) is 5.82. The van der Waals surface area contributed by atoms with Crippen LogP contribution in [-0.4, -0.2) is 49.5 Å². The quantitative estimate of drug-likeness (QED) is 0.736. The van der Waals surface area contributed by atoms with Crippen LogP contribution >= 0.6 is 12.2 Å². The Bertz CT molecular complexity index is 597. The first-order valence-corrected chi connectivity index (χ1v) is 7.89. The van der Waals surface area contributed by atoms with E-state index in [1.165, 1.54) is 18.3 Å². The van der Waals surface area contributed by atoms with Gasteiger partial charge in [-0.2, -0.15) is 0 Å². The number of pyridine rings is 1. The third-order valence-corrected chi connectivity index (χ3v) is 4.83.